The van der Waals surface area contributed by atoms with Crippen molar-refractivity contribution in [3.63, 3.8) is 0 Å². The highest BCUT2D eigenvalue weighted by Crippen LogP contribution is 2.12. The van der Waals surface area contributed by atoms with Crippen molar-refractivity contribution in [3.05, 3.63) is 95.1 Å². The minimum atomic E-state index is 1.22. The Morgan fingerprint density at radius 3 is 2.10 bits per heavy atom. The number of rotatable bonds is 4. The Morgan fingerprint density at radius 2 is 1.40 bits per heavy atom. The van der Waals surface area contributed by atoms with Gasteiger partial charge >= 0.3 is 0 Å². The smallest absolute Gasteiger partial charge is 0.0227 e. The van der Waals surface area contributed by atoms with Crippen LogP contribution in [0.15, 0.2) is 72.8 Å². The number of benzene rings is 2. The first kappa shape index (κ1) is 14.1. The van der Waals surface area contributed by atoms with E-state index in [2.05, 4.69) is 74.6 Å². The largest absolute Gasteiger partial charge is 0.0622 e. The van der Waals surface area contributed by atoms with Crippen molar-refractivity contribution in [1.29, 1.82) is 0 Å². The van der Waals surface area contributed by atoms with Crippen LogP contribution in [0, 0.1) is 13.8 Å². The van der Waals surface area contributed by atoms with Gasteiger partial charge in [0.25, 0.3) is 0 Å². The molecule has 0 nitrogen and oxygen atoms in total. The van der Waals surface area contributed by atoms with Crippen LogP contribution in [0.3, 0.4) is 0 Å². The van der Waals surface area contributed by atoms with Gasteiger partial charge in [0.15, 0.2) is 0 Å². The van der Waals surface area contributed by atoms with E-state index in [1.54, 1.807) is 0 Å². The van der Waals surface area contributed by atoms with E-state index in [0.717, 1.165) is 0 Å². The van der Waals surface area contributed by atoms with Gasteiger partial charge in [-0.2, -0.15) is 0 Å². The molecule has 100 valence electrons. The molecule has 0 heteroatoms. The summed E-state index contributed by atoms with van der Waals surface area (Å²) in [4.78, 5) is 0. The van der Waals surface area contributed by atoms with E-state index in [1.807, 2.05) is 24.3 Å². The average Bonchev–Trinajstić information content (AvgIpc) is 2.46. The molecule has 0 N–H and O–H groups in total. The Bertz CT molecular complexity index is 628. The zero-order valence-corrected chi connectivity index (χ0v) is 12.1. The van der Waals surface area contributed by atoms with Crippen LogP contribution in [0.4, 0.5) is 0 Å². The summed E-state index contributed by atoms with van der Waals surface area (Å²) in [6.07, 6.45) is 12.5. The fraction of sp³-hybridized carbons (Fsp3) is 0.100. The van der Waals surface area contributed by atoms with E-state index in [0.29, 0.717) is 0 Å². The normalized spacial score (nSPS) is 11.9. The van der Waals surface area contributed by atoms with E-state index in [9.17, 15) is 0 Å². The van der Waals surface area contributed by atoms with Gasteiger partial charge in [-0.3, -0.25) is 0 Å². The summed E-state index contributed by atoms with van der Waals surface area (Å²) in [5.41, 5.74) is 5.11. The summed E-state index contributed by atoms with van der Waals surface area (Å²) in [5.74, 6) is 0. The van der Waals surface area contributed by atoms with Gasteiger partial charge in [0.05, 0.1) is 0 Å². The molecule has 2 rings (SSSR count). The molecule has 0 bridgehead atoms. The van der Waals surface area contributed by atoms with Gasteiger partial charge in [-0.05, 0) is 30.5 Å². The molecule has 0 aromatic heterocycles. The van der Waals surface area contributed by atoms with Crippen LogP contribution in [0.5, 0.6) is 0 Å². The van der Waals surface area contributed by atoms with Crippen molar-refractivity contribution in [2.45, 2.75) is 13.8 Å². The van der Waals surface area contributed by atoms with Crippen molar-refractivity contribution < 1.29 is 0 Å². The van der Waals surface area contributed by atoms with Gasteiger partial charge in [-0.1, -0.05) is 90.6 Å². The Labute approximate surface area is 121 Å². The van der Waals surface area contributed by atoms with Gasteiger partial charge in [0.1, 0.15) is 0 Å². The average molecular weight is 260 g/mol. The molecule has 0 saturated heterocycles. The van der Waals surface area contributed by atoms with Crippen LogP contribution in [-0.4, -0.2) is 0 Å². The molecule has 0 saturated carbocycles. The molecular weight excluding hydrogens is 240 g/mol. The first-order valence-corrected chi connectivity index (χ1v) is 6.89. The predicted molar refractivity (Wildman–Crippen MR) is 89.6 cm³/mol. The van der Waals surface area contributed by atoms with Gasteiger partial charge in [0.2, 0.25) is 0 Å². The molecule has 0 heterocycles. The van der Waals surface area contributed by atoms with E-state index in [-0.39, 0.29) is 0 Å². The molecule has 0 aliphatic rings. The Balaban J connectivity index is 1.93. The molecule has 0 aliphatic carbocycles. The Hall–Kier alpha value is -2.34. The van der Waals surface area contributed by atoms with Gasteiger partial charge in [0, 0.05) is 0 Å². The van der Waals surface area contributed by atoms with Crippen LogP contribution in [0.25, 0.3) is 12.2 Å². The summed E-state index contributed by atoms with van der Waals surface area (Å²) >= 11 is 0. The van der Waals surface area contributed by atoms with E-state index >= 15 is 0 Å². The zero-order chi connectivity index (χ0) is 14.2. The summed E-state index contributed by atoms with van der Waals surface area (Å²) in [5, 5.41) is 0. The van der Waals surface area contributed by atoms with E-state index in [1.165, 1.54) is 22.3 Å². The van der Waals surface area contributed by atoms with Crippen LogP contribution in [0.2, 0.25) is 0 Å². The Kier molecular flexibility index (Phi) is 5.14. The molecule has 0 amide bonds. The highest BCUT2D eigenvalue weighted by molar-refractivity contribution is 5.56. The Morgan fingerprint density at radius 1 is 0.700 bits per heavy atom. The minimum Gasteiger partial charge on any atom is -0.0622 e. The standard InChI is InChI=1S/C20H20/c1-17-14-15-20(18(2)16-17)13-9-4-3-6-10-19-11-7-5-8-12-19/h3-16H,1-2H3. The van der Waals surface area contributed by atoms with E-state index < -0.39 is 0 Å². The molecule has 2 aromatic carbocycles. The molecule has 2 aromatic rings. The number of hydrogen-bond donors (Lipinski definition) is 0. The van der Waals surface area contributed by atoms with Crippen molar-refractivity contribution in [3.8, 4) is 0 Å². The summed E-state index contributed by atoms with van der Waals surface area (Å²) < 4.78 is 0. The van der Waals surface area contributed by atoms with Crippen molar-refractivity contribution in [2.24, 2.45) is 0 Å². The second-order valence-electron chi connectivity index (χ2n) is 4.87. The minimum absolute atomic E-state index is 1.22. The zero-order valence-electron chi connectivity index (χ0n) is 12.1. The lowest BCUT2D eigenvalue weighted by molar-refractivity contribution is 1.37. The second kappa shape index (κ2) is 7.30. The maximum atomic E-state index is 2.21. The molecular formula is C20H20. The van der Waals surface area contributed by atoms with E-state index in [4.69, 9.17) is 0 Å². The van der Waals surface area contributed by atoms with Gasteiger partial charge < -0.3 is 0 Å². The summed E-state index contributed by atoms with van der Waals surface area (Å²) in [6, 6.07) is 16.8. The highest BCUT2D eigenvalue weighted by Gasteiger charge is 1.92. The van der Waals surface area contributed by atoms with Crippen molar-refractivity contribution in [1.82, 2.24) is 0 Å². The second-order valence-corrected chi connectivity index (χ2v) is 4.87. The summed E-state index contributed by atoms with van der Waals surface area (Å²) in [6.45, 7) is 4.26. The highest BCUT2D eigenvalue weighted by atomic mass is 14.0. The quantitative estimate of drug-likeness (QED) is 0.629. The van der Waals surface area contributed by atoms with Crippen LogP contribution < -0.4 is 0 Å². The molecule has 0 spiro atoms. The van der Waals surface area contributed by atoms with Crippen LogP contribution in [0.1, 0.15) is 22.3 Å². The topological polar surface area (TPSA) is 0 Å². The van der Waals surface area contributed by atoms with Gasteiger partial charge in [-0.25, -0.2) is 0 Å². The molecule has 0 fully saturated rings. The maximum Gasteiger partial charge on any atom is -0.0227 e. The third-order valence-corrected chi connectivity index (χ3v) is 3.12. The fourth-order valence-corrected chi connectivity index (χ4v) is 2.03. The molecule has 0 radical (unpaired) electrons. The van der Waals surface area contributed by atoms with Gasteiger partial charge in [-0.15, -0.1) is 0 Å². The SMILES string of the molecule is Cc1ccc(C=CC=CC=Cc2ccccc2)c(C)c1. The first-order chi connectivity index (χ1) is 9.75. The predicted octanol–water partition coefficient (Wildman–Crippen LogP) is 5.59. The number of allylic oxidation sites excluding steroid dienone is 4. The van der Waals surface area contributed by atoms with Crippen molar-refractivity contribution >= 4 is 12.2 Å². The molecule has 20 heavy (non-hydrogen) atoms. The monoisotopic (exact) mass is 260 g/mol. The third kappa shape index (κ3) is 4.40. The molecule has 0 atom stereocenters. The molecule has 0 unspecified atom stereocenters. The van der Waals surface area contributed by atoms with Crippen LogP contribution >= 0.6 is 0 Å². The lowest BCUT2D eigenvalue weighted by Gasteiger charge is -2.00. The molecule has 0 aliphatic heterocycles. The number of hydrogen-bond acceptors (Lipinski definition) is 0. The number of aryl methyl sites for hydroxylation is 2. The maximum absolute atomic E-state index is 2.21. The lowest BCUT2D eigenvalue weighted by Crippen LogP contribution is -1.81. The third-order valence-electron chi connectivity index (χ3n) is 3.12. The van der Waals surface area contributed by atoms with Crippen LogP contribution in [-0.2, 0) is 0 Å². The van der Waals surface area contributed by atoms with Crippen molar-refractivity contribution in [2.75, 3.05) is 0 Å². The lowest BCUT2D eigenvalue weighted by atomic mass is 10.1. The first-order valence-electron chi connectivity index (χ1n) is 6.89. The fourth-order valence-electron chi connectivity index (χ4n) is 2.03. The summed E-state index contributed by atoms with van der Waals surface area (Å²) in [7, 11) is 0.